The van der Waals surface area contributed by atoms with E-state index in [-0.39, 0.29) is 12.6 Å². The Balaban J connectivity index is 1.73. The second-order valence-electron chi connectivity index (χ2n) is 5.65. The summed E-state index contributed by atoms with van der Waals surface area (Å²) in [7, 11) is 0. The zero-order chi connectivity index (χ0) is 15.2. The maximum absolute atomic E-state index is 11.0. The molecule has 0 amide bonds. The Kier molecular flexibility index (Phi) is 5.29. The van der Waals surface area contributed by atoms with Gasteiger partial charge in [0.05, 0.1) is 13.2 Å². The summed E-state index contributed by atoms with van der Waals surface area (Å²) in [5.41, 5.74) is 0.558. The van der Waals surface area contributed by atoms with Crippen LogP contribution in [0.5, 0.6) is 11.5 Å². The molecule has 3 rings (SSSR count). The molecule has 5 nitrogen and oxygen atoms in total. The second-order valence-corrected chi connectivity index (χ2v) is 5.65. The molecule has 120 valence electrons. The number of hydrogen-bond donors (Lipinski definition) is 0. The Morgan fingerprint density at radius 2 is 1.55 bits per heavy atom. The van der Waals surface area contributed by atoms with E-state index >= 15 is 0 Å². The lowest BCUT2D eigenvalue weighted by molar-refractivity contribution is -0.119. The molecular weight excluding hydrogens is 284 g/mol. The van der Waals surface area contributed by atoms with Gasteiger partial charge in [0.15, 0.2) is 24.1 Å². The lowest BCUT2D eigenvalue weighted by atomic mass is 10.2. The number of carbonyl (C=O) groups excluding carboxylic acids is 1. The molecule has 22 heavy (non-hydrogen) atoms. The first kappa shape index (κ1) is 15.3. The van der Waals surface area contributed by atoms with Gasteiger partial charge in [0, 0.05) is 18.4 Å². The molecule has 0 spiro atoms. The topological polar surface area (TPSA) is 54.0 Å². The summed E-state index contributed by atoms with van der Waals surface area (Å²) >= 11 is 0. The molecule has 2 atom stereocenters. The van der Waals surface area contributed by atoms with Crippen LogP contribution in [0.2, 0.25) is 0 Å². The van der Waals surface area contributed by atoms with E-state index in [0.717, 1.165) is 51.4 Å². The molecule has 0 saturated carbocycles. The molecular formula is C17H22O5. The molecule has 0 radical (unpaired) electrons. The first-order valence-corrected chi connectivity index (χ1v) is 8.01. The van der Waals surface area contributed by atoms with E-state index in [1.54, 1.807) is 18.2 Å². The summed E-state index contributed by atoms with van der Waals surface area (Å²) in [5, 5.41) is 0. The standard InChI is InChI=1S/C17H22O5/c18-12-13-7-8-14(21-16-5-1-3-9-19-16)15(11-13)22-17-6-2-4-10-20-17/h7-8,11-12,16-17H,1-6,9-10H2/t16-,17+/m0/s1. The highest BCUT2D eigenvalue weighted by Gasteiger charge is 2.21. The van der Waals surface area contributed by atoms with Gasteiger partial charge >= 0.3 is 0 Å². The quantitative estimate of drug-likeness (QED) is 0.781. The monoisotopic (exact) mass is 306 g/mol. The highest BCUT2D eigenvalue weighted by molar-refractivity contribution is 5.76. The molecule has 2 fully saturated rings. The fourth-order valence-corrected chi connectivity index (χ4v) is 2.68. The lowest BCUT2D eigenvalue weighted by Gasteiger charge is -2.27. The zero-order valence-electron chi connectivity index (χ0n) is 12.7. The van der Waals surface area contributed by atoms with Gasteiger partial charge in [-0.05, 0) is 43.9 Å². The SMILES string of the molecule is O=Cc1ccc(O[C@H]2CCCCO2)c(O[C@@H]2CCCCO2)c1. The first-order valence-electron chi connectivity index (χ1n) is 8.01. The molecule has 0 N–H and O–H groups in total. The summed E-state index contributed by atoms with van der Waals surface area (Å²) in [6, 6.07) is 5.18. The molecule has 5 heteroatoms. The summed E-state index contributed by atoms with van der Waals surface area (Å²) in [4.78, 5) is 11.0. The third-order valence-electron chi connectivity index (χ3n) is 3.90. The van der Waals surface area contributed by atoms with Gasteiger partial charge in [0.1, 0.15) is 6.29 Å². The van der Waals surface area contributed by atoms with Crippen molar-refractivity contribution in [1.29, 1.82) is 0 Å². The third kappa shape index (κ3) is 3.99. The van der Waals surface area contributed by atoms with E-state index in [2.05, 4.69) is 0 Å². The average molecular weight is 306 g/mol. The van der Waals surface area contributed by atoms with Crippen LogP contribution in [-0.2, 0) is 9.47 Å². The lowest BCUT2D eigenvalue weighted by Crippen LogP contribution is -2.27. The molecule has 1 aromatic carbocycles. The van der Waals surface area contributed by atoms with E-state index < -0.39 is 0 Å². The highest BCUT2D eigenvalue weighted by Crippen LogP contribution is 2.32. The van der Waals surface area contributed by atoms with Crippen molar-refractivity contribution >= 4 is 6.29 Å². The van der Waals surface area contributed by atoms with E-state index in [0.29, 0.717) is 23.7 Å². The van der Waals surface area contributed by atoms with Crippen molar-refractivity contribution in [2.75, 3.05) is 13.2 Å². The Bertz CT molecular complexity index is 490. The summed E-state index contributed by atoms with van der Waals surface area (Å²) in [6.07, 6.45) is 6.32. The van der Waals surface area contributed by atoms with Crippen molar-refractivity contribution in [2.45, 2.75) is 51.1 Å². The van der Waals surface area contributed by atoms with Crippen LogP contribution in [0.15, 0.2) is 18.2 Å². The van der Waals surface area contributed by atoms with Crippen molar-refractivity contribution in [2.24, 2.45) is 0 Å². The number of benzene rings is 1. The van der Waals surface area contributed by atoms with Gasteiger partial charge in [-0.1, -0.05) is 0 Å². The van der Waals surface area contributed by atoms with Gasteiger partial charge in [0.2, 0.25) is 0 Å². The van der Waals surface area contributed by atoms with E-state index in [1.807, 2.05) is 0 Å². The predicted octanol–water partition coefficient (Wildman–Crippen LogP) is 3.31. The number of rotatable bonds is 5. The van der Waals surface area contributed by atoms with Crippen LogP contribution >= 0.6 is 0 Å². The van der Waals surface area contributed by atoms with Crippen LogP contribution in [0, 0.1) is 0 Å². The summed E-state index contributed by atoms with van der Waals surface area (Å²) in [6.45, 7) is 1.43. The average Bonchev–Trinajstić information content (AvgIpc) is 2.58. The number of ether oxygens (including phenoxy) is 4. The third-order valence-corrected chi connectivity index (χ3v) is 3.90. The highest BCUT2D eigenvalue weighted by atomic mass is 16.7. The second kappa shape index (κ2) is 7.61. The zero-order valence-corrected chi connectivity index (χ0v) is 12.7. The normalized spacial score (nSPS) is 25.5. The van der Waals surface area contributed by atoms with Gasteiger partial charge in [-0.2, -0.15) is 0 Å². The first-order chi connectivity index (χ1) is 10.8. The molecule has 2 aliphatic rings. The molecule has 2 saturated heterocycles. The van der Waals surface area contributed by atoms with Crippen molar-refractivity contribution in [3.8, 4) is 11.5 Å². The molecule has 1 aromatic rings. The van der Waals surface area contributed by atoms with Gasteiger partial charge in [0.25, 0.3) is 0 Å². The predicted molar refractivity (Wildman–Crippen MR) is 80.3 cm³/mol. The molecule has 2 heterocycles. The van der Waals surface area contributed by atoms with Crippen molar-refractivity contribution in [3.05, 3.63) is 23.8 Å². The van der Waals surface area contributed by atoms with Crippen LogP contribution in [0.4, 0.5) is 0 Å². The minimum atomic E-state index is -0.273. The van der Waals surface area contributed by atoms with Crippen molar-refractivity contribution < 1.29 is 23.7 Å². The van der Waals surface area contributed by atoms with Gasteiger partial charge in [-0.15, -0.1) is 0 Å². The molecule has 0 bridgehead atoms. The molecule has 2 aliphatic heterocycles. The van der Waals surface area contributed by atoms with Crippen LogP contribution in [0.3, 0.4) is 0 Å². The molecule has 0 aliphatic carbocycles. The van der Waals surface area contributed by atoms with Gasteiger partial charge in [-0.25, -0.2) is 0 Å². The Labute approximate surface area is 130 Å². The number of carbonyl (C=O) groups is 1. The van der Waals surface area contributed by atoms with Gasteiger partial charge in [-0.3, -0.25) is 4.79 Å². The molecule has 0 aromatic heterocycles. The van der Waals surface area contributed by atoms with Crippen molar-refractivity contribution in [3.63, 3.8) is 0 Å². The minimum Gasteiger partial charge on any atom is -0.461 e. The van der Waals surface area contributed by atoms with Crippen molar-refractivity contribution in [1.82, 2.24) is 0 Å². The number of hydrogen-bond acceptors (Lipinski definition) is 5. The van der Waals surface area contributed by atoms with Gasteiger partial charge < -0.3 is 18.9 Å². The fourth-order valence-electron chi connectivity index (χ4n) is 2.68. The summed E-state index contributed by atoms with van der Waals surface area (Å²) < 4.78 is 23.0. The van der Waals surface area contributed by atoms with Crippen LogP contribution in [0.25, 0.3) is 0 Å². The smallest absolute Gasteiger partial charge is 0.200 e. The number of aldehydes is 1. The minimum absolute atomic E-state index is 0.245. The van der Waals surface area contributed by atoms with E-state index in [9.17, 15) is 4.79 Å². The summed E-state index contributed by atoms with van der Waals surface area (Å²) in [5.74, 6) is 1.15. The maximum Gasteiger partial charge on any atom is 0.200 e. The van der Waals surface area contributed by atoms with Crippen LogP contribution in [-0.4, -0.2) is 32.1 Å². The Hall–Kier alpha value is -1.59. The Morgan fingerprint density at radius 1 is 0.909 bits per heavy atom. The largest absolute Gasteiger partial charge is 0.461 e. The molecule has 0 unspecified atom stereocenters. The maximum atomic E-state index is 11.0. The Morgan fingerprint density at radius 3 is 2.09 bits per heavy atom. The van der Waals surface area contributed by atoms with Crippen LogP contribution < -0.4 is 9.47 Å². The van der Waals surface area contributed by atoms with E-state index in [4.69, 9.17) is 18.9 Å². The van der Waals surface area contributed by atoms with Crippen LogP contribution in [0.1, 0.15) is 48.9 Å². The fraction of sp³-hybridized carbons (Fsp3) is 0.588. The van der Waals surface area contributed by atoms with E-state index in [1.165, 1.54) is 0 Å².